The number of carbonyl (C=O) groups excluding carboxylic acids is 1. The summed E-state index contributed by atoms with van der Waals surface area (Å²) in [7, 11) is 0. The Kier molecular flexibility index (Phi) is 3.72. The van der Waals surface area contributed by atoms with Gasteiger partial charge in [-0.15, -0.1) is 0 Å². The minimum Gasteiger partial charge on any atom is -0.479 e. The van der Waals surface area contributed by atoms with Gasteiger partial charge in [-0.3, -0.25) is 4.79 Å². The van der Waals surface area contributed by atoms with Crippen LogP contribution in [0.5, 0.6) is 0 Å². The van der Waals surface area contributed by atoms with Crippen LogP contribution in [0.1, 0.15) is 17.5 Å². The highest BCUT2D eigenvalue weighted by Gasteiger charge is 2.34. The van der Waals surface area contributed by atoms with Gasteiger partial charge in [-0.05, 0) is 28.9 Å². The lowest BCUT2D eigenvalue weighted by Gasteiger charge is -2.34. The zero-order valence-electron chi connectivity index (χ0n) is 9.63. The second-order valence-corrected chi connectivity index (χ2v) is 4.94. The van der Waals surface area contributed by atoms with Crippen molar-refractivity contribution in [3.63, 3.8) is 0 Å². The van der Waals surface area contributed by atoms with E-state index in [-0.39, 0.29) is 24.3 Å². The number of hydrogen-bond donors (Lipinski definition) is 1. The zero-order chi connectivity index (χ0) is 13.3. The molecule has 1 unspecified atom stereocenters. The molecule has 1 N–H and O–H groups in total. The van der Waals surface area contributed by atoms with Crippen LogP contribution in [0.3, 0.4) is 0 Å². The Hall–Kier alpha value is -1.34. The molecule has 0 saturated carbocycles. The molecular weight excluding hydrogens is 306 g/mol. The molecule has 2 atom stereocenters. The predicted octanol–water partition coefficient (Wildman–Crippen LogP) is 1.36. The molecule has 2 rings (SSSR count). The largest absolute Gasteiger partial charge is 0.479 e. The Labute approximate surface area is 112 Å². The Morgan fingerprint density at radius 2 is 2.22 bits per heavy atom. The molecule has 98 valence electrons. The molecule has 0 aromatic carbocycles. The molecule has 0 spiro atoms. The first-order chi connectivity index (χ1) is 8.49. The van der Waals surface area contributed by atoms with Crippen molar-refractivity contribution in [3.05, 3.63) is 22.6 Å². The number of halogens is 1. The van der Waals surface area contributed by atoms with Crippen molar-refractivity contribution in [2.24, 2.45) is 0 Å². The highest BCUT2D eigenvalue weighted by Crippen LogP contribution is 2.21. The number of carbonyl (C=O) groups is 2. The Morgan fingerprint density at radius 3 is 2.78 bits per heavy atom. The van der Waals surface area contributed by atoms with Crippen molar-refractivity contribution in [2.45, 2.75) is 19.1 Å². The molecule has 2 heterocycles. The van der Waals surface area contributed by atoms with E-state index in [4.69, 9.17) is 14.3 Å². The molecule has 1 aliphatic heterocycles. The third-order valence-corrected chi connectivity index (χ3v) is 3.26. The van der Waals surface area contributed by atoms with Gasteiger partial charge in [0.05, 0.1) is 23.4 Å². The molecule has 0 radical (unpaired) electrons. The van der Waals surface area contributed by atoms with E-state index in [0.29, 0.717) is 11.0 Å². The van der Waals surface area contributed by atoms with Crippen LogP contribution >= 0.6 is 15.9 Å². The fourth-order valence-electron chi connectivity index (χ4n) is 1.84. The van der Waals surface area contributed by atoms with Crippen LogP contribution in [-0.2, 0) is 9.53 Å². The minimum absolute atomic E-state index is 0.0195. The highest BCUT2D eigenvalue weighted by atomic mass is 79.9. The summed E-state index contributed by atoms with van der Waals surface area (Å²) in [6, 6.07) is 1.62. The van der Waals surface area contributed by atoms with E-state index < -0.39 is 12.1 Å². The van der Waals surface area contributed by atoms with E-state index in [1.165, 1.54) is 11.2 Å². The van der Waals surface area contributed by atoms with Gasteiger partial charge in [0.2, 0.25) is 5.76 Å². The van der Waals surface area contributed by atoms with Crippen molar-refractivity contribution in [2.75, 3.05) is 13.1 Å². The van der Waals surface area contributed by atoms with E-state index in [0.717, 1.165) is 0 Å². The van der Waals surface area contributed by atoms with Gasteiger partial charge in [0, 0.05) is 6.54 Å². The van der Waals surface area contributed by atoms with Gasteiger partial charge in [0.25, 0.3) is 5.91 Å². The summed E-state index contributed by atoms with van der Waals surface area (Å²) in [6.45, 7) is 2.09. The van der Waals surface area contributed by atoms with Gasteiger partial charge in [0.1, 0.15) is 0 Å². The summed E-state index contributed by atoms with van der Waals surface area (Å²) >= 11 is 3.20. The lowest BCUT2D eigenvalue weighted by Crippen LogP contribution is -2.51. The van der Waals surface area contributed by atoms with Crippen molar-refractivity contribution in [1.29, 1.82) is 0 Å². The first-order valence-electron chi connectivity index (χ1n) is 5.39. The van der Waals surface area contributed by atoms with Gasteiger partial charge >= 0.3 is 5.97 Å². The maximum absolute atomic E-state index is 12.1. The normalized spacial score (nSPS) is 24.0. The second-order valence-electron chi connectivity index (χ2n) is 4.08. The summed E-state index contributed by atoms with van der Waals surface area (Å²) in [5.41, 5.74) is 0. The molecule has 1 amide bonds. The van der Waals surface area contributed by atoms with Gasteiger partial charge in [-0.25, -0.2) is 4.79 Å². The molecule has 0 aliphatic carbocycles. The van der Waals surface area contributed by atoms with E-state index in [1.54, 1.807) is 13.0 Å². The third-order valence-electron chi connectivity index (χ3n) is 2.63. The van der Waals surface area contributed by atoms with Crippen LogP contribution in [0.25, 0.3) is 0 Å². The number of carboxylic acid groups (broad SMARTS) is 1. The molecule has 18 heavy (non-hydrogen) atoms. The SMILES string of the molecule is C[C@@H]1CN(C(=O)c2occc2Br)CC(C(=O)O)O1. The van der Waals surface area contributed by atoms with E-state index in [9.17, 15) is 9.59 Å². The second kappa shape index (κ2) is 5.11. The van der Waals surface area contributed by atoms with E-state index >= 15 is 0 Å². The number of carboxylic acids is 1. The predicted molar refractivity (Wildman–Crippen MR) is 64.3 cm³/mol. The molecular formula is C11H12BrNO5. The number of furan rings is 1. The molecule has 1 aromatic heterocycles. The molecule has 7 heteroatoms. The van der Waals surface area contributed by atoms with Gasteiger partial charge in [-0.1, -0.05) is 0 Å². The van der Waals surface area contributed by atoms with Crippen LogP contribution < -0.4 is 0 Å². The van der Waals surface area contributed by atoms with Crippen LogP contribution in [0, 0.1) is 0 Å². The van der Waals surface area contributed by atoms with Crippen molar-refractivity contribution in [1.82, 2.24) is 4.90 Å². The zero-order valence-corrected chi connectivity index (χ0v) is 11.2. The smallest absolute Gasteiger partial charge is 0.334 e. The fourth-order valence-corrected chi connectivity index (χ4v) is 2.21. The molecule has 1 saturated heterocycles. The maximum atomic E-state index is 12.1. The average molecular weight is 318 g/mol. The lowest BCUT2D eigenvalue weighted by molar-refractivity contribution is -0.160. The summed E-state index contributed by atoms with van der Waals surface area (Å²) in [5.74, 6) is -1.24. The number of rotatable bonds is 2. The molecule has 6 nitrogen and oxygen atoms in total. The lowest BCUT2D eigenvalue weighted by atomic mass is 10.2. The number of aliphatic carboxylic acids is 1. The first-order valence-corrected chi connectivity index (χ1v) is 6.19. The van der Waals surface area contributed by atoms with Crippen LogP contribution in [0.2, 0.25) is 0 Å². The van der Waals surface area contributed by atoms with Crippen molar-refractivity contribution in [3.8, 4) is 0 Å². The fraction of sp³-hybridized carbons (Fsp3) is 0.455. The highest BCUT2D eigenvalue weighted by molar-refractivity contribution is 9.10. The number of morpholine rings is 1. The van der Waals surface area contributed by atoms with Gasteiger partial charge in [0.15, 0.2) is 6.10 Å². The van der Waals surface area contributed by atoms with Crippen LogP contribution in [0.15, 0.2) is 21.2 Å². The monoisotopic (exact) mass is 317 g/mol. The van der Waals surface area contributed by atoms with E-state index in [2.05, 4.69) is 15.9 Å². The first kappa shape index (κ1) is 13.1. The Morgan fingerprint density at radius 1 is 1.50 bits per heavy atom. The van der Waals surface area contributed by atoms with Crippen molar-refractivity contribution < 1.29 is 23.8 Å². The van der Waals surface area contributed by atoms with E-state index in [1.807, 2.05) is 0 Å². The third kappa shape index (κ3) is 2.56. The molecule has 0 bridgehead atoms. The topological polar surface area (TPSA) is 80.0 Å². The van der Waals surface area contributed by atoms with Gasteiger partial charge in [-0.2, -0.15) is 0 Å². The summed E-state index contributed by atoms with van der Waals surface area (Å²) in [5, 5.41) is 8.95. The summed E-state index contributed by atoms with van der Waals surface area (Å²) in [4.78, 5) is 24.5. The maximum Gasteiger partial charge on any atom is 0.334 e. The standard InChI is InChI=1S/C11H12BrNO5/c1-6-4-13(5-8(18-6)11(15)16)10(14)9-7(12)2-3-17-9/h2-3,6,8H,4-5H2,1H3,(H,15,16)/t6-,8?/m1/s1. The number of nitrogens with zero attached hydrogens (tertiary/aromatic N) is 1. The average Bonchev–Trinajstić information content (AvgIpc) is 2.73. The summed E-state index contributed by atoms with van der Waals surface area (Å²) < 4.78 is 10.9. The van der Waals surface area contributed by atoms with Crippen LogP contribution in [0.4, 0.5) is 0 Å². The quantitative estimate of drug-likeness (QED) is 0.890. The molecule has 1 fully saturated rings. The number of hydrogen-bond acceptors (Lipinski definition) is 4. The van der Waals surface area contributed by atoms with Crippen LogP contribution in [-0.4, -0.2) is 47.2 Å². The number of amides is 1. The number of ether oxygens (including phenoxy) is 1. The Bertz CT molecular complexity index is 472. The van der Waals surface area contributed by atoms with Gasteiger partial charge < -0.3 is 19.2 Å². The molecule has 1 aliphatic rings. The molecule has 1 aromatic rings. The summed E-state index contributed by atoms with van der Waals surface area (Å²) in [6.07, 6.45) is 0.0829. The van der Waals surface area contributed by atoms with Crippen molar-refractivity contribution >= 4 is 27.8 Å². The minimum atomic E-state index is -1.07. The Balaban J connectivity index is 2.15.